The Morgan fingerprint density at radius 3 is 2.45 bits per heavy atom. The molecule has 4 rings (SSSR count). The molecular formula is C23H37IN4O. The van der Waals surface area contributed by atoms with Crippen LogP contribution in [0.2, 0.25) is 0 Å². The van der Waals surface area contributed by atoms with Crippen molar-refractivity contribution in [2.45, 2.75) is 70.9 Å². The molecule has 5 unspecified atom stereocenters. The van der Waals surface area contributed by atoms with Crippen LogP contribution < -0.4 is 10.6 Å². The van der Waals surface area contributed by atoms with Gasteiger partial charge in [0.2, 0.25) is 0 Å². The van der Waals surface area contributed by atoms with Crippen molar-refractivity contribution in [1.29, 1.82) is 0 Å². The third-order valence-corrected chi connectivity index (χ3v) is 6.55. The van der Waals surface area contributed by atoms with E-state index in [0.717, 1.165) is 37.3 Å². The van der Waals surface area contributed by atoms with Gasteiger partial charge in [-0.2, -0.15) is 0 Å². The van der Waals surface area contributed by atoms with Crippen molar-refractivity contribution in [2.75, 3.05) is 20.1 Å². The lowest BCUT2D eigenvalue weighted by atomic mass is 9.91. The number of nitrogens with zero attached hydrogens (tertiary/aromatic N) is 2. The molecule has 3 fully saturated rings. The first-order chi connectivity index (χ1) is 13.6. The van der Waals surface area contributed by atoms with Crippen molar-refractivity contribution in [3.05, 3.63) is 35.4 Å². The topological polar surface area (TPSA) is 48.9 Å². The van der Waals surface area contributed by atoms with Gasteiger partial charge in [-0.1, -0.05) is 38.1 Å². The zero-order valence-electron chi connectivity index (χ0n) is 18.1. The smallest absolute Gasteiger partial charge is 0.191 e. The quantitative estimate of drug-likeness (QED) is 0.359. The number of ether oxygens (including phenoxy) is 1. The third kappa shape index (κ3) is 5.85. The van der Waals surface area contributed by atoms with E-state index in [0.29, 0.717) is 18.2 Å². The van der Waals surface area contributed by atoms with Gasteiger partial charge in [0, 0.05) is 33.2 Å². The fourth-order valence-corrected chi connectivity index (χ4v) is 5.39. The molecule has 0 aliphatic carbocycles. The summed E-state index contributed by atoms with van der Waals surface area (Å²) in [5, 5.41) is 7.12. The van der Waals surface area contributed by atoms with Crippen LogP contribution in [0.5, 0.6) is 0 Å². The van der Waals surface area contributed by atoms with Crippen LogP contribution in [0, 0.1) is 11.8 Å². The second-order valence-electron chi connectivity index (χ2n) is 9.20. The maximum atomic E-state index is 5.96. The summed E-state index contributed by atoms with van der Waals surface area (Å²) in [7, 11) is 1.85. The van der Waals surface area contributed by atoms with Crippen molar-refractivity contribution in [1.82, 2.24) is 15.5 Å². The highest BCUT2D eigenvalue weighted by Gasteiger charge is 2.41. The minimum absolute atomic E-state index is 0. The lowest BCUT2D eigenvalue weighted by Crippen LogP contribution is -2.47. The Bertz CT molecular complexity index is 687. The summed E-state index contributed by atoms with van der Waals surface area (Å²) >= 11 is 0. The first kappa shape index (κ1) is 22.8. The van der Waals surface area contributed by atoms with Crippen molar-refractivity contribution in [2.24, 2.45) is 16.8 Å². The Morgan fingerprint density at radius 1 is 1.10 bits per heavy atom. The summed E-state index contributed by atoms with van der Waals surface area (Å²) < 4.78 is 5.96. The number of guanidine groups is 1. The van der Waals surface area contributed by atoms with E-state index < -0.39 is 0 Å². The van der Waals surface area contributed by atoms with Gasteiger partial charge in [0.25, 0.3) is 0 Å². The molecule has 5 atom stereocenters. The fourth-order valence-electron chi connectivity index (χ4n) is 5.39. The molecule has 0 saturated carbocycles. The molecule has 3 aliphatic heterocycles. The molecule has 5 nitrogen and oxygen atoms in total. The molecule has 6 heteroatoms. The van der Waals surface area contributed by atoms with Crippen molar-refractivity contribution < 1.29 is 4.74 Å². The second kappa shape index (κ2) is 10.4. The van der Waals surface area contributed by atoms with E-state index in [9.17, 15) is 0 Å². The summed E-state index contributed by atoms with van der Waals surface area (Å²) in [5.41, 5.74) is 2.79. The molecule has 0 amide bonds. The molecule has 0 radical (unpaired) electrons. The van der Waals surface area contributed by atoms with Crippen LogP contribution in [0.4, 0.5) is 0 Å². The number of nitrogens with one attached hydrogen (secondary N) is 2. The largest absolute Gasteiger partial charge is 0.373 e. The monoisotopic (exact) mass is 512 g/mol. The van der Waals surface area contributed by atoms with Crippen LogP contribution in [0.3, 0.4) is 0 Å². The Hall–Kier alpha value is -0.860. The molecular weight excluding hydrogens is 475 g/mol. The summed E-state index contributed by atoms with van der Waals surface area (Å²) in [6.07, 6.45) is 5.67. The number of benzene rings is 1. The molecule has 0 aromatic heterocycles. The maximum Gasteiger partial charge on any atom is 0.191 e. The van der Waals surface area contributed by atoms with E-state index in [1.807, 2.05) is 7.05 Å². The highest BCUT2D eigenvalue weighted by atomic mass is 127. The lowest BCUT2D eigenvalue weighted by Gasteiger charge is -2.35. The normalized spacial score (nSPS) is 32.1. The van der Waals surface area contributed by atoms with Gasteiger partial charge in [0.15, 0.2) is 5.96 Å². The van der Waals surface area contributed by atoms with Crippen molar-refractivity contribution in [3.8, 4) is 0 Å². The standard InChI is InChI=1S/C23H36N4O.HI/c1-16-10-17(2)14-27(13-16)15-19-7-5-4-6-18(19)12-25-23(24-3)26-21-11-20-8-9-22(21)28-20;/h4-7,16-17,20-22H,8-15H2,1-3H3,(H2,24,25,26);1H. The number of hydrogen-bond donors (Lipinski definition) is 2. The number of fused-ring (bicyclic) bond motifs is 2. The van der Waals surface area contributed by atoms with Gasteiger partial charge in [-0.3, -0.25) is 9.89 Å². The third-order valence-electron chi connectivity index (χ3n) is 6.55. The Labute approximate surface area is 193 Å². The molecule has 3 heterocycles. The van der Waals surface area contributed by atoms with E-state index in [2.05, 4.69) is 58.6 Å². The predicted molar refractivity (Wildman–Crippen MR) is 130 cm³/mol. The number of piperidine rings is 1. The number of rotatable bonds is 5. The van der Waals surface area contributed by atoms with E-state index in [1.165, 1.54) is 43.5 Å². The molecule has 0 spiro atoms. The lowest BCUT2D eigenvalue weighted by molar-refractivity contribution is 0.0992. The summed E-state index contributed by atoms with van der Waals surface area (Å²) in [5.74, 6) is 2.47. The minimum Gasteiger partial charge on any atom is -0.373 e. The second-order valence-corrected chi connectivity index (χ2v) is 9.20. The van der Waals surface area contributed by atoms with Gasteiger partial charge >= 0.3 is 0 Å². The van der Waals surface area contributed by atoms with Crippen LogP contribution >= 0.6 is 24.0 Å². The molecule has 2 N–H and O–H groups in total. The van der Waals surface area contributed by atoms with E-state index >= 15 is 0 Å². The number of hydrogen-bond acceptors (Lipinski definition) is 3. The van der Waals surface area contributed by atoms with Gasteiger partial charge in [-0.15, -0.1) is 24.0 Å². The highest BCUT2D eigenvalue weighted by Crippen LogP contribution is 2.34. The Balaban J connectivity index is 0.00000240. The van der Waals surface area contributed by atoms with Crippen LogP contribution in [0.1, 0.15) is 50.7 Å². The molecule has 2 bridgehead atoms. The van der Waals surface area contributed by atoms with Crippen LogP contribution in [-0.2, 0) is 17.8 Å². The van der Waals surface area contributed by atoms with Crippen LogP contribution in [0.15, 0.2) is 29.3 Å². The summed E-state index contributed by atoms with van der Waals surface area (Å²) in [6, 6.07) is 9.22. The zero-order chi connectivity index (χ0) is 19.5. The van der Waals surface area contributed by atoms with E-state index in [1.54, 1.807) is 0 Å². The number of halogens is 1. The van der Waals surface area contributed by atoms with Crippen LogP contribution in [0.25, 0.3) is 0 Å². The van der Waals surface area contributed by atoms with Crippen LogP contribution in [-0.4, -0.2) is 49.2 Å². The molecule has 29 heavy (non-hydrogen) atoms. The van der Waals surface area contributed by atoms with Gasteiger partial charge in [0.1, 0.15) is 0 Å². The minimum atomic E-state index is 0. The van der Waals surface area contributed by atoms with Gasteiger partial charge in [0.05, 0.1) is 18.2 Å². The highest BCUT2D eigenvalue weighted by molar-refractivity contribution is 14.0. The molecule has 1 aromatic carbocycles. The molecule has 3 saturated heterocycles. The zero-order valence-corrected chi connectivity index (χ0v) is 20.4. The van der Waals surface area contributed by atoms with E-state index in [4.69, 9.17) is 4.74 Å². The van der Waals surface area contributed by atoms with Gasteiger partial charge < -0.3 is 15.4 Å². The maximum absolute atomic E-state index is 5.96. The average molecular weight is 512 g/mol. The van der Waals surface area contributed by atoms with Gasteiger partial charge in [-0.05, 0) is 48.6 Å². The van der Waals surface area contributed by atoms with Gasteiger partial charge in [-0.25, -0.2) is 0 Å². The van der Waals surface area contributed by atoms with Crippen molar-refractivity contribution in [3.63, 3.8) is 0 Å². The first-order valence-corrected chi connectivity index (χ1v) is 11.0. The Kier molecular flexibility index (Phi) is 8.22. The molecule has 3 aliphatic rings. The average Bonchev–Trinajstić information content (AvgIpc) is 3.28. The summed E-state index contributed by atoms with van der Waals surface area (Å²) in [6.45, 7) is 9.02. The Morgan fingerprint density at radius 2 is 1.83 bits per heavy atom. The first-order valence-electron chi connectivity index (χ1n) is 11.0. The van der Waals surface area contributed by atoms with Crippen molar-refractivity contribution >= 4 is 29.9 Å². The summed E-state index contributed by atoms with van der Waals surface area (Å²) in [4.78, 5) is 7.07. The van der Waals surface area contributed by atoms with E-state index in [-0.39, 0.29) is 24.0 Å². The number of aliphatic imine (C=N–C) groups is 1. The molecule has 162 valence electrons. The SMILES string of the molecule is CN=C(NCc1ccccc1CN1CC(C)CC(C)C1)NC1CC2CCC1O2.I. The fraction of sp³-hybridized carbons (Fsp3) is 0.696. The molecule has 1 aromatic rings. The predicted octanol–water partition coefficient (Wildman–Crippen LogP) is 3.77. The number of likely N-dealkylation sites (tertiary alicyclic amines) is 1.